The van der Waals surface area contributed by atoms with Crippen molar-refractivity contribution in [1.29, 1.82) is 0 Å². The number of halogens is 6. The molecule has 0 bridgehead atoms. The maximum atomic E-state index is 13.4. The van der Waals surface area contributed by atoms with E-state index in [0.717, 1.165) is 5.56 Å². The Labute approximate surface area is 208 Å². The van der Waals surface area contributed by atoms with Gasteiger partial charge in [0.1, 0.15) is 0 Å². The number of rotatable bonds is 4. The molecule has 2 heterocycles. The zero-order valence-corrected chi connectivity index (χ0v) is 19.5. The molecule has 2 amide bonds. The van der Waals surface area contributed by atoms with Gasteiger partial charge in [0.15, 0.2) is 0 Å². The summed E-state index contributed by atoms with van der Waals surface area (Å²) in [4.78, 5) is 29.1. The van der Waals surface area contributed by atoms with Crippen LogP contribution in [-0.4, -0.2) is 71.1 Å². The van der Waals surface area contributed by atoms with Crippen LogP contribution in [0.3, 0.4) is 0 Å². The smallest absolute Gasteiger partial charge is 0.392 e. The number of piperazine rings is 1. The fourth-order valence-corrected chi connectivity index (χ4v) is 4.75. The molecule has 3 atom stereocenters. The number of hydrogen-bond acceptors (Lipinski definition) is 4. The van der Waals surface area contributed by atoms with Crippen LogP contribution in [0.15, 0.2) is 48.5 Å². The van der Waals surface area contributed by atoms with E-state index in [1.165, 1.54) is 9.80 Å². The first-order valence-corrected chi connectivity index (χ1v) is 11.7. The lowest BCUT2D eigenvalue weighted by Crippen LogP contribution is -2.59. The van der Waals surface area contributed by atoms with Gasteiger partial charge in [-0.25, -0.2) is 0 Å². The normalized spacial score (nSPS) is 22.8. The lowest BCUT2D eigenvalue weighted by atomic mass is 9.98. The van der Waals surface area contributed by atoms with Crippen LogP contribution in [-0.2, 0) is 23.6 Å². The highest BCUT2D eigenvalue weighted by atomic mass is 19.4. The van der Waals surface area contributed by atoms with E-state index in [4.69, 9.17) is 0 Å². The molecule has 0 aromatic heterocycles. The Bertz CT molecular complexity index is 1110. The summed E-state index contributed by atoms with van der Waals surface area (Å²) in [5.41, 5.74) is -3.07. The van der Waals surface area contributed by atoms with Gasteiger partial charge in [0.2, 0.25) is 5.91 Å². The molecule has 0 unspecified atom stereocenters. The van der Waals surface area contributed by atoms with Crippen LogP contribution in [0.2, 0.25) is 0 Å². The summed E-state index contributed by atoms with van der Waals surface area (Å²) < 4.78 is 80.2. The number of benzene rings is 2. The first-order valence-electron chi connectivity index (χ1n) is 11.7. The molecule has 200 valence electrons. The van der Waals surface area contributed by atoms with E-state index in [1.54, 1.807) is 30.3 Å². The fraction of sp³-hybridized carbons (Fsp3) is 0.440. The third kappa shape index (κ3) is 6.24. The number of nitrogens with one attached hydrogen (secondary N) is 1. The fourth-order valence-electron chi connectivity index (χ4n) is 4.75. The van der Waals surface area contributed by atoms with Crippen molar-refractivity contribution in [2.75, 3.05) is 26.2 Å². The van der Waals surface area contributed by atoms with Crippen molar-refractivity contribution in [2.24, 2.45) is 0 Å². The lowest BCUT2D eigenvalue weighted by Gasteiger charge is -2.42. The van der Waals surface area contributed by atoms with Crippen molar-refractivity contribution in [3.8, 4) is 0 Å². The summed E-state index contributed by atoms with van der Waals surface area (Å²) in [6.07, 6.45) is -10.4. The Morgan fingerprint density at radius 2 is 1.57 bits per heavy atom. The zero-order valence-electron chi connectivity index (χ0n) is 19.5. The highest BCUT2D eigenvalue weighted by Crippen LogP contribution is 2.37. The molecule has 12 heteroatoms. The largest absolute Gasteiger partial charge is 0.416 e. The third-order valence-electron chi connectivity index (χ3n) is 6.61. The highest BCUT2D eigenvalue weighted by molar-refractivity contribution is 5.95. The van der Waals surface area contributed by atoms with Crippen LogP contribution in [0.5, 0.6) is 0 Å². The molecule has 6 nitrogen and oxygen atoms in total. The average Bonchev–Trinajstić information content (AvgIpc) is 3.28. The zero-order chi connectivity index (χ0) is 27.0. The standard InChI is InChI=1S/C25H25F6N3O3/c26-24(27,28)17-9-16(10-18(11-17)25(29,30)31)22(36)34-7-6-33(23(37)21-12-20(35)13-32-21)14-19(34)8-15-4-2-1-3-5-15/h1-5,9-11,19-21,32,35H,6-8,12-14H2/t19-,20-,21+/m1/s1. The molecular formula is C25H25F6N3O3. The molecule has 4 rings (SSSR count). The van der Waals surface area contributed by atoms with Gasteiger partial charge >= 0.3 is 12.4 Å². The minimum absolute atomic E-state index is 0.0160. The summed E-state index contributed by atoms with van der Waals surface area (Å²) in [5, 5.41) is 12.7. The summed E-state index contributed by atoms with van der Waals surface area (Å²) in [7, 11) is 0. The van der Waals surface area contributed by atoms with E-state index in [1.807, 2.05) is 0 Å². The number of aliphatic hydroxyl groups excluding tert-OH is 1. The summed E-state index contributed by atoms with van der Waals surface area (Å²) >= 11 is 0. The second-order valence-electron chi connectivity index (χ2n) is 9.27. The number of aliphatic hydroxyl groups is 1. The van der Waals surface area contributed by atoms with Gasteiger partial charge in [-0.05, 0) is 36.6 Å². The highest BCUT2D eigenvalue weighted by Gasteiger charge is 2.40. The van der Waals surface area contributed by atoms with Gasteiger partial charge in [-0.2, -0.15) is 26.3 Å². The van der Waals surface area contributed by atoms with E-state index < -0.39 is 53.1 Å². The van der Waals surface area contributed by atoms with Gasteiger partial charge in [-0.1, -0.05) is 30.3 Å². The van der Waals surface area contributed by atoms with Crippen molar-refractivity contribution in [3.63, 3.8) is 0 Å². The van der Waals surface area contributed by atoms with Crippen molar-refractivity contribution in [1.82, 2.24) is 15.1 Å². The van der Waals surface area contributed by atoms with E-state index in [0.29, 0.717) is 12.1 Å². The second kappa shape index (κ2) is 10.3. The SMILES string of the molecule is O=C([C@@H]1C[C@@H](O)CN1)N1CCN(C(=O)c2cc(C(F)(F)F)cc(C(F)(F)F)c2)[C@H](Cc2ccccc2)C1. The first-order chi connectivity index (χ1) is 17.3. The van der Waals surface area contributed by atoms with Crippen LogP contribution in [0.4, 0.5) is 26.3 Å². The van der Waals surface area contributed by atoms with Crippen LogP contribution in [0.25, 0.3) is 0 Å². The Morgan fingerprint density at radius 1 is 0.946 bits per heavy atom. The monoisotopic (exact) mass is 529 g/mol. The van der Waals surface area contributed by atoms with Gasteiger partial charge in [0, 0.05) is 31.7 Å². The number of alkyl halides is 6. The van der Waals surface area contributed by atoms with E-state index in [-0.39, 0.29) is 51.0 Å². The molecular weight excluding hydrogens is 504 g/mol. The van der Waals surface area contributed by atoms with E-state index >= 15 is 0 Å². The predicted molar refractivity (Wildman–Crippen MR) is 120 cm³/mol. The molecule has 0 spiro atoms. The van der Waals surface area contributed by atoms with Crippen LogP contribution < -0.4 is 5.32 Å². The molecule has 2 aromatic carbocycles. The summed E-state index contributed by atoms with van der Waals surface area (Å²) in [6.45, 7) is 0.280. The van der Waals surface area contributed by atoms with Crippen LogP contribution in [0, 0.1) is 0 Å². The number of carbonyl (C=O) groups excluding carboxylic acids is 2. The predicted octanol–water partition coefficient (Wildman–Crippen LogP) is 3.34. The molecule has 2 aromatic rings. The maximum Gasteiger partial charge on any atom is 0.416 e. The van der Waals surface area contributed by atoms with Crippen molar-refractivity contribution >= 4 is 11.8 Å². The maximum absolute atomic E-state index is 13.4. The first kappa shape index (κ1) is 26.9. The molecule has 2 aliphatic rings. The Balaban J connectivity index is 1.64. The second-order valence-corrected chi connectivity index (χ2v) is 9.27. The van der Waals surface area contributed by atoms with E-state index in [2.05, 4.69) is 5.32 Å². The quantitative estimate of drug-likeness (QED) is 0.597. The number of carbonyl (C=O) groups is 2. The number of amides is 2. The van der Waals surface area contributed by atoms with Crippen molar-refractivity contribution < 1.29 is 41.0 Å². The van der Waals surface area contributed by atoms with Gasteiger partial charge in [-0.15, -0.1) is 0 Å². The van der Waals surface area contributed by atoms with Gasteiger partial charge in [0.05, 0.1) is 29.3 Å². The minimum atomic E-state index is -5.08. The van der Waals surface area contributed by atoms with Gasteiger partial charge < -0.3 is 20.2 Å². The van der Waals surface area contributed by atoms with Crippen molar-refractivity contribution in [3.05, 3.63) is 70.8 Å². The number of β-amino-alcohol motifs (C(OH)–C–C–N with tert-alkyl or cyclic N) is 1. The Hall–Kier alpha value is -3.12. The summed E-state index contributed by atoms with van der Waals surface area (Å²) in [5.74, 6) is -1.25. The molecule has 0 radical (unpaired) electrons. The lowest BCUT2D eigenvalue weighted by molar-refractivity contribution is -0.143. The number of hydrogen-bond donors (Lipinski definition) is 2. The Morgan fingerprint density at radius 3 is 2.11 bits per heavy atom. The van der Waals surface area contributed by atoms with Crippen LogP contribution in [0.1, 0.15) is 33.5 Å². The van der Waals surface area contributed by atoms with Gasteiger partial charge in [0.25, 0.3) is 5.91 Å². The molecule has 37 heavy (non-hydrogen) atoms. The molecule has 2 saturated heterocycles. The third-order valence-corrected chi connectivity index (χ3v) is 6.61. The Kier molecular flexibility index (Phi) is 7.52. The molecule has 0 aliphatic carbocycles. The topological polar surface area (TPSA) is 72.9 Å². The molecule has 2 aliphatic heterocycles. The van der Waals surface area contributed by atoms with Gasteiger partial charge in [-0.3, -0.25) is 9.59 Å². The number of nitrogens with zero attached hydrogens (tertiary/aromatic N) is 2. The molecule has 2 N–H and O–H groups in total. The summed E-state index contributed by atoms with van der Waals surface area (Å²) in [6, 6.07) is 8.42. The minimum Gasteiger partial charge on any atom is -0.392 e. The molecule has 0 saturated carbocycles. The van der Waals surface area contributed by atoms with E-state index in [9.17, 15) is 41.0 Å². The van der Waals surface area contributed by atoms with Crippen LogP contribution >= 0.6 is 0 Å². The van der Waals surface area contributed by atoms with Crippen molar-refractivity contribution in [2.45, 2.75) is 43.4 Å². The average molecular weight is 529 g/mol. The molecule has 2 fully saturated rings.